The zero-order valence-corrected chi connectivity index (χ0v) is 12.4. The van der Waals surface area contributed by atoms with Crippen molar-refractivity contribution in [2.45, 2.75) is 25.4 Å². The molecule has 0 aliphatic carbocycles. The van der Waals surface area contributed by atoms with Gasteiger partial charge < -0.3 is 15.6 Å². The molecule has 7 heteroatoms. The van der Waals surface area contributed by atoms with Crippen LogP contribution in [-0.4, -0.2) is 34.6 Å². The molecule has 2 aromatic rings. The fourth-order valence-electron chi connectivity index (χ4n) is 2.65. The van der Waals surface area contributed by atoms with Gasteiger partial charge in [-0.15, -0.1) is 12.4 Å². The molecule has 1 fully saturated rings. The minimum Gasteiger partial charge on any atom is -0.353 e. The number of hydrogen-bond donors (Lipinski definition) is 3. The predicted molar refractivity (Wildman–Crippen MR) is 83.8 cm³/mol. The molecule has 3 N–H and O–H groups in total. The minimum absolute atomic E-state index is 0. The first-order valence-corrected chi connectivity index (χ1v) is 6.94. The number of aromatic amines is 1. The molecule has 114 valence electrons. The third kappa shape index (κ3) is 3.28. The van der Waals surface area contributed by atoms with Crippen molar-refractivity contribution in [1.29, 1.82) is 0 Å². The van der Waals surface area contributed by atoms with Gasteiger partial charge in [-0.3, -0.25) is 9.36 Å². The molecule has 21 heavy (non-hydrogen) atoms. The van der Waals surface area contributed by atoms with Crippen molar-refractivity contribution in [3.05, 3.63) is 34.7 Å². The van der Waals surface area contributed by atoms with Gasteiger partial charge in [0.1, 0.15) is 0 Å². The largest absolute Gasteiger partial charge is 0.353 e. The Morgan fingerprint density at radius 2 is 2.19 bits per heavy atom. The molecule has 0 spiro atoms. The summed E-state index contributed by atoms with van der Waals surface area (Å²) in [6.07, 6.45) is 1.93. The van der Waals surface area contributed by atoms with Crippen LogP contribution < -0.4 is 16.3 Å². The summed E-state index contributed by atoms with van der Waals surface area (Å²) in [6, 6.07) is 7.47. The Morgan fingerprint density at radius 3 is 2.95 bits per heavy atom. The average Bonchev–Trinajstić information content (AvgIpc) is 3.07. The van der Waals surface area contributed by atoms with E-state index in [1.807, 2.05) is 24.3 Å². The molecule has 1 atom stereocenters. The summed E-state index contributed by atoms with van der Waals surface area (Å²) in [6.45, 7) is 1.83. The number of carbonyl (C=O) groups excluding carboxylic acids is 1. The zero-order valence-electron chi connectivity index (χ0n) is 11.6. The van der Waals surface area contributed by atoms with Gasteiger partial charge in [0.2, 0.25) is 5.91 Å². The lowest BCUT2D eigenvalue weighted by Gasteiger charge is -2.11. The second-order valence-corrected chi connectivity index (χ2v) is 5.04. The van der Waals surface area contributed by atoms with Crippen molar-refractivity contribution >= 4 is 29.3 Å². The summed E-state index contributed by atoms with van der Waals surface area (Å²) in [7, 11) is 0. The van der Waals surface area contributed by atoms with Gasteiger partial charge in [-0.05, 0) is 31.5 Å². The van der Waals surface area contributed by atoms with Crippen LogP contribution in [0.25, 0.3) is 11.0 Å². The quantitative estimate of drug-likeness (QED) is 0.774. The van der Waals surface area contributed by atoms with Gasteiger partial charge in [0.25, 0.3) is 0 Å². The van der Waals surface area contributed by atoms with E-state index < -0.39 is 0 Å². The number of rotatable bonds is 4. The first-order chi connectivity index (χ1) is 9.75. The number of aromatic nitrogens is 2. The zero-order chi connectivity index (χ0) is 13.9. The number of amides is 1. The van der Waals surface area contributed by atoms with Crippen molar-refractivity contribution in [2.75, 3.05) is 13.1 Å². The molecule has 1 aromatic carbocycles. The normalized spacial score (nSPS) is 17.6. The summed E-state index contributed by atoms with van der Waals surface area (Å²) >= 11 is 0. The molecule has 1 unspecified atom stereocenters. The number of imidazole rings is 1. The number of nitrogens with zero attached hydrogens (tertiary/aromatic N) is 1. The van der Waals surface area contributed by atoms with Gasteiger partial charge >= 0.3 is 5.69 Å². The van der Waals surface area contributed by atoms with Crippen LogP contribution in [0.2, 0.25) is 0 Å². The minimum atomic E-state index is -0.139. The maximum atomic E-state index is 11.9. The van der Waals surface area contributed by atoms with Gasteiger partial charge in [-0.2, -0.15) is 0 Å². The van der Waals surface area contributed by atoms with E-state index in [1.54, 1.807) is 4.57 Å². The summed E-state index contributed by atoms with van der Waals surface area (Å²) in [5.41, 5.74) is 1.55. The third-order valence-electron chi connectivity index (χ3n) is 3.69. The first kappa shape index (κ1) is 15.6. The highest BCUT2D eigenvalue weighted by atomic mass is 35.5. The van der Waals surface area contributed by atoms with Crippen LogP contribution in [0, 0.1) is 0 Å². The number of benzene rings is 1. The highest BCUT2D eigenvalue weighted by molar-refractivity contribution is 5.85. The number of H-pyrrole nitrogens is 1. The summed E-state index contributed by atoms with van der Waals surface area (Å²) in [5.74, 6) is 0.0235. The van der Waals surface area contributed by atoms with Gasteiger partial charge in [0, 0.05) is 13.1 Å². The summed E-state index contributed by atoms with van der Waals surface area (Å²) in [4.78, 5) is 26.5. The molecule has 1 saturated heterocycles. The molecular weight excluding hydrogens is 292 g/mol. The number of para-hydroxylation sites is 2. The van der Waals surface area contributed by atoms with E-state index in [0.717, 1.165) is 30.4 Å². The van der Waals surface area contributed by atoms with Gasteiger partial charge in [0.15, 0.2) is 0 Å². The molecule has 0 radical (unpaired) electrons. The number of nitrogens with one attached hydrogen (secondary N) is 3. The Morgan fingerprint density at radius 1 is 1.38 bits per heavy atom. The van der Waals surface area contributed by atoms with E-state index in [-0.39, 0.29) is 30.0 Å². The lowest BCUT2D eigenvalue weighted by Crippen LogP contribution is -2.41. The van der Waals surface area contributed by atoms with Crippen LogP contribution in [0.4, 0.5) is 0 Å². The van der Waals surface area contributed by atoms with Crippen molar-refractivity contribution in [2.24, 2.45) is 0 Å². The van der Waals surface area contributed by atoms with E-state index in [2.05, 4.69) is 15.6 Å². The SMILES string of the molecule is Cl.O=C(NCCn1c(=O)[nH]c2ccccc21)C1CCCN1. The molecule has 3 rings (SSSR count). The second-order valence-electron chi connectivity index (χ2n) is 5.04. The van der Waals surface area contributed by atoms with Gasteiger partial charge in [0.05, 0.1) is 17.1 Å². The predicted octanol–water partition coefficient (Wildman–Crippen LogP) is 0.620. The number of carbonyl (C=O) groups is 1. The van der Waals surface area contributed by atoms with Crippen molar-refractivity contribution in [3.8, 4) is 0 Å². The standard InChI is InChI=1S/C14H18N4O2.ClH/c19-13(11-5-3-7-15-11)16-8-9-18-12-6-2-1-4-10(12)17-14(18)20;/h1-2,4,6,11,15H,3,5,7-9H2,(H,16,19)(H,17,20);1H. The van der Waals surface area contributed by atoms with E-state index >= 15 is 0 Å². The third-order valence-corrected chi connectivity index (χ3v) is 3.69. The fraction of sp³-hybridized carbons (Fsp3) is 0.429. The van der Waals surface area contributed by atoms with Crippen LogP contribution in [-0.2, 0) is 11.3 Å². The topological polar surface area (TPSA) is 78.9 Å². The van der Waals surface area contributed by atoms with Crippen molar-refractivity contribution in [1.82, 2.24) is 20.2 Å². The van der Waals surface area contributed by atoms with Crippen LogP contribution in [0.3, 0.4) is 0 Å². The number of hydrogen-bond acceptors (Lipinski definition) is 3. The lowest BCUT2D eigenvalue weighted by atomic mass is 10.2. The van der Waals surface area contributed by atoms with Crippen LogP contribution in [0.15, 0.2) is 29.1 Å². The van der Waals surface area contributed by atoms with Crippen LogP contribution in [0.5, 0.6) is 0 Å². The Kier molecular flexibility index (Phi) is 5.03. The maximum absolute atomic E-state index is 11.9. The van der Waals surface area contributed by atoms with Gasteiger partial charge in [-0.25, -0.2) is 4.79 Å². The Labute approximate surface area is 128 Å². The number of halogens is 1. The molecule has 1 aliphatic heterocycles. The van der Waals surface area contributed by atoms with E-state index in [4.69, 9.17) is 0 Å². The average molecular weight is 311 g/mol. The fourth-order valence-corrected chi connectivity index (χ4v) is 2.65. The van der Waals surface area contributed by atoms with E-state index in [1.165, 1.54) is 0 Å². The van der Waals surface area contributed by atoms with Crippen molar-refractivity contribution < 1.29 is 4.79 Å². The molecule has 1 aromatic heterocycles. The Balaban J connectivity index is 0.00000161. The number of fused-ring (bicyclic) bond motifs is 1. The molecule has 1 aliphatic rings. The summed E-state index contributed by atoms with van der Waals surface area (Å²) < 4.78 is 1.65. The smallest absolute Gasteiger partial charge is 0.326 e. The van der Waals surface area contributed by atoms with Gasteiger partial charge in [-0.1, -0.05) is 12.1 Å². The van der Waals surface area contributed by atoms with E-state index in [9.17, 15) is 9.59 Å². The van der Waals surface area contributed by atoms with Crippen LogP contribution in [0.1, 0.15) is 12.8 Å². The molecule has 0 saturated carbocycles. The highest BCUT2D eigenvalue weighted by Crippen LogP contribution is 2.08. The Hall–Kier alpha value is -1.79. The van der Waals surface area contributed by atoms with Crippen LogP contribution >= 0.6 is 12.4 Å². The molecular formula is C14H19ClN4O2. The van der Waals surface area contributed by atoms with E-state index in [0.29, 0.717) is 13.1 Å². The molecule has 6 nitrogen and oxygen atoms in total. The molecule has 1 amide bonds. The maximum Gasteiger partial charge on any atom is 0.326 e. The Bertz CT molecular complexity index is 673. The monoisotopic (exact) mass is 310 g/mol. The summed E-state index contributed by atoms with van der Waals surface area (Å²) in [5, 5.41) is 6.03. The first-order valence-electron chi connectivity index (χ1n) is 6.94. The second kappa shape index (κ2) is 6.78. The lowest BCUT2D eigenvalue weighted by molar-refractivity contribution is -0.122. The molecule has 0 bridgehead atoms. The highest BCUT2D eigenvalue weighted by Gasteiger charge is 2.21. The van der Waals surface area contributed by atoms with Crippen molar-refractivity contribution in [3.63, 3.8) is 0 Å². The molecule has 2 heterocycles.